The molecule has 1 unspecified atom stereocenters. The molecule has 1 aromatic rings. The molecule has 104 valence electrons. The number of urea groups is 1. The van der Waals surface area contributed by atoms with Gasteiger partial charge in [0.15, 0.2) is 0 Å². The molecule has 19 heavy (non-hydrogen) atoms. The third-order valence-corrected chi connectivity index (χ3v) is 3.09. The van der Waals surface area contributed by atoms with E-state index in [1.165, 1.54) is 4.90 Å². The van der Waals surface area contributed by atoms with Crippen LogP contribution in [0.25, 0.3) is 0 Å². The largest absolute Gasteiger partial charge is 0.477 e. The number of carboxylic acids is 1. The maximum Gasteiger partial charge on any atom is 0.354 e. The fourth-order valence-corrected chi connectivity index (χ4v) is 2.19. The number of piperidine rings is 1. The van der Waals surface area contributed by atoms with Crippen LogP contribution in [0.4, 0.5) is 10.5 Å². The minimum atomic E-state index is -1.12. The Morgan fingerprint density at radius 1 is 1.53 bits per heavy atom. The number of hydrogen-bond donors (Lipinski definition) is 4. The Bertz CT molecular complexity index is 497. The fraction of sp³-hybridized carbons (Fsp3) is 0.500. The van der Waals surface area contributed by atoms with Gasteiger partial charge in [0.25, 0.3) is 0 Å². The van der Waals surface area contributed by atoms with Gasteiger partial charge in [-0.3, -0.25) is 0 Å². The number of rotatable bonds is 2. The number of nitrogens with zero attached hydrogens (tertiary/aromatic N) is 1. The molecule has 4 N–H and O–H groups in total. The Morgan fingerprint density at radius 3 is 2.89 bits per heavy atom. The smallest absolute Gasteiger partial charge is 0.354 e. The van der Waals surface area contributed by atoms with E-state index >= 15 is 0 Å². The molecule has 1 atom stereocenters. The number of hydrogen-bond acceptors (Lipinski definition) is 3. The Balaban J connectivity index is 2.08. The van der Waals surface area contributed by atoms with Crippen LogP contribution in [-0.2, 0) is 0 Å². The van der Waals surface area contributed by atoms with Gasteiger partial charge < -0.3 is 25.4 Å². The van der Waals surface area contributed by atoms with Gasteiger partial charge in [-0.2, -0.15) is 0 Å². The first-order chi connectivity index (χ1) is 8.97. The lowest BCUT2D eigenvalue weighted by molar-refractivity contribution is 0.0692. The highest BCUT2D eigenvalue weighted by atomic mass is 16.4. The first-order valence-electron chi connectivity index (χ1n) is 6.14. The molecule has 1 aliphatic rings. The summed E-state index contributed by atoms with van der Waals surface area (Å²) in [6.07, 6.45) is 0.923. The van der Waals surface area contributed by atoms with Crippen LogP contribution in [-0.4, -0.2) is 51.3 Å². The van der Waals surface area contributed by atoms with Crippen molar-refractivity contribution in [2.24, 2.45) is 0 Å². The van der Waals surface area contributed by atoms with E-state index in [4.69, 9.17) is 5.11 Å². The zero-order valence-corrected chi connectivity index (χ0v) is 10.6. The maximum atomic E-state index is 12.0. The van der Waals surface area contributed by atoms with Crippen LogP contribution < -0.4 is 5.32 Å². The lowest BCUT2D eigenvalue weighted by Crippen LogP contribution is -2.44. The minimum Gasteiger partial charge on any atom is -0.477 e. The van der Waals surface area contributed by atoms with Gasteiger partial charge in [0, 0.05) is 18.8 Å². The molecular weight excluding hydrogens is 250 g/mol. The van der Waals surface area contributed by atoms with E-state index in [-0.39, 0.29) is 24.0 Å². The molecule has 0 aromatic carbocycles. The first kappa shape index (κ1) is 13.4. The lowest BCUT2D eigenvalue weighted by atomic mass is 10.1. The summed E-state index contributed by atoms with van der Waals surface area (Å²) in [5.74, 6) is -1.12. The number of aliphatic hydroxyl groups is 1. The number of carbonyl (C=O) groups is 2. The van der Waals surface area contributed by atoms with Crippen molar-refractivity contribution in [3.8, 4) is 0 Å². The number of anilines is 1. The van der Waals surface area contributed by atoms with E-state index in [0.717, 1.165) is 6.42 Å². The molecule has 2 rings (SSSR count). The van der Waals surface area contributed by atoms with E-state index in [1.807, 2.05) is 0 Å². The van der Waals surface area contributed by atoms with Gasteiger partial charge >= 0.3 is 12.0 Å². The average molecular weight is 267 g/mol. The molecule has 0 radical (unpaired) electrons. The van der Waals surface area contributed by atoms with Crippen LogP contribution in [0.2, 0.25) is 0 Å². The summed E-state index contributed by atoms with van der Waals surface area (Å²) in [7, 11) is 0. The van der Waals surface area contributed by atoms with Crippen molar-refractivity contribution in [1.82, 2.24) is 9.88 Å². The highest BCUT2D eigenvalue weighted by Gasteiger charge is 2.23. The third-order valence-electron chi connectivity index (χ3n) is 3.09. The molecule has 1 aromatic heterocycles. The molecular formula is C12H17N3O4. The summed E-state index contributed by atoms with van der Waals surface area (Å²) >= 11 is 0. The van der Waals surface area contributed by atoms with E-state index in [9.17, 15) is 14.7 Å². The van der Waals surface area contributed by atoms with Crippen molar-refractivity contribution < 1.29 is 19.8 Å². The predicted molar refractivity (Wildman–Crippen MR) is 68.3 cm³/mol. The standard InChI is InChI=1S/C12H17N3O4/c1-7-5-9(10(13-7)11(17)18)14-12(19)15-4-2-3-8(16)6-15/h5,8,13,16H,2-4,6H2,1H3,(H,14,19)(H,17,18). The zero-order valence-electron chi connectivity index (χ0n) is 10.6. The molecule has 7 nitrogen and oxygen atoms in total. The number of aromatic amines is 1. The second-order valence-electron chi connectivity index (χ2n) is 4.72. The summed E-state index contributed by atoms with van der Waals surface area (Å²) in [6.45, 7) is 2.55. The third kappa shape index (κ3) is 3.05. The summed E-state index contributed by atoms with van der Waals surface area (Å²) in [4.78, 5) is 27.2. The van der Waals surface area contributed by atoms with Crippen LogP contribution in [0.15, 0.2) is 6.07 Å². The molecule has 1 aliphatic heterocycles. The van der Waals surface area contributed by atoms with Crippen LogP contribution in [0.5, 0.6) is 0 Å². The number of aromatic nitrogens is 1. The van der Waals surface area contributed by atoms with Gasteiger partial charge in [0.2, 0.25) is 0 Å². The summed E-state index contributed by atoms with van der Waals surface area (Å²) in [5.41, 5.74) is 0.866. The number of aryl methyl sites for hydroxylation is 1. The van der Waals surface area contributed by atoms with Crippen LogP contribution in [0.3, 0.4) is 0 Å². The number of nitrogens with one attached hydrogen (secondary N) is 2. The summed E-state index contributed by atoms with van der Waals surface area (Å²) in [5, 5.41) is 21.1. The molecule has 7 heteroatoms. The predicted octanol–water partition coefficient (Wildman–Crippen LogP) is 1.01. The number of aliphatic hydroxyl groups excluding tert-OH is 1. The van der Waals surface area contributed by atoms with E-state index in [0.29, 0.717) is 18.7 Å². The monoisotopic (exact) mass is 267 g/mol. The SMILES string of the molecule is Cc1cc(NC(=O)N2CCCC(O)C2)c(C(=O)O)[nH]1. The number of H-pyrrole nitrogens is 1. The molecule has 0 bridgehead atoms. The van der Waals surface area contributed by atoms with Crippen LogP contribution in [0.1, 0.15) is 29.0 Å². The number of likely N-dealkylation sites (tertiary alicyclic amines) is 1. The number of carbonyl (C=O) groups excluding carboxylic acids is 1. The van der Waals surface area contributed by atoms with Gasteiger partial charge in [-0.25, -0.2) is 9.59 Å². The fourth-order valence-electron chi connectivity index (χ4n) is 2.19. The summed E-state index contributed by atoms with van der Waals surface area (Å²) in [6, 6.07) is 1.18. The van der Waals surface area contributed by atoms with Gasteiger partial charge in [0.1, 0.15) is 5.69 Å². The Kier molecular flexibility index (Phi) is 3.75. The quantitative estimate of drug-likeness (QED) is 0.641. The number of aromatic carboxylic acids is 1. The molecule has 0 saturated carbocycles. The number of β-amino-alcohol motifs (C(OH)–C–C–N with tert-alkyl or cyclic N) is 1. The normalized spacial score (nSPS) is 19.3. The van der Waals surface area contributed by atoms with Crippen molar-refractivity contribution in [3.05, 3.63) is 17.5 Å². The van der Waals surface area contributed by atoms with Crippen LogP contribution in [0, 0.1) is 6.92 Å². The van der Waals surface area contributed by atoms with E-state index in [1.54, 1.807) is 13.0 Å². The Labute approximate surface area is 110 Å². The zero-order chi connectivity index (χ0) is 14.0. The molecule has 2 amide bonds. The molecule has 1 fully saturated rings. The van der Waals surface area contributed by atoms with Crippen molar-refractivity contribution in [1.29, 1.82) is 0 Å². The van der Waals surface area contributed by atoms with Gasteiger partial charge in [-0.15, -0.1) is 0 Å². The minimum absolute atomic E-state index is 0.0385. The van der Waals surface area contributed by atoms with Gasteiger partial charge in [0.05, 0.1) is 11.8 Å². The van der Waals surface area contributed by atoms with Gasteiger partial charge in [-0.05, 0) is 25.8 Å². The molecule has 1 saturated heterocycles. The van der Waals surface area contributed by atoms with Crippen molar-refractivity contribution in [2.75, 3.05) is 18.4 Å². The van der Waals surface area contributed by atoms with E-state index in [2.05, 4.69) is 10.3 Å². The van der Waals surface area contributed by atoms with Crippen molar-refractivity contribution in [2.45, 2.75) is 25.9 Å². The van der Waals surface area contributed by atoms with E-state index < -0.39 is 12.1 Å². The first-order valence-corrected chi connectivity index (χ1v) is 6.14. The molecule has 2 heterocycles. The Morgan fingerprint density at radius 2 is 2.26 bits per heavy atom. The topological polar surface area (TPSA) is 106 Å². The van der Waals surface area contributed by atoms with Crippen LogP contribution >= 0.6 is 0 Å². The Hall–Kier alpha value is -2.02. The second-order valence-corrected chi connectivity index (χ2v) is 4.72. The summed E-state index contributed by atoms with van der Waals surface area (Å²) < 4.78 is 0. The highest BCUT2D eigenvalue weighted by molar-refractivity contribution is 5.99. The number of carboxylic acid groups (broad SMARTS) is 1. The maximum absolute atomic E-state index is 12.0. The van der Waals surface area contributed by atoms with Crippen molar-refractivity contribution in [3.63, 3.8) is 0 Å². The molecule has 0 aliphatic carbocycles. The second kappa shape index (κ2) is 5.31. The van der Waals surface area contributed by atoms with Gasteiger partial charge in [-0.1, -0.05) is 0 Å². The lowest BCUT2D eigenvalue weighted by Gasteiger charge is -2.30. The van der Waals surface area contributed by atoms with Crippen molar-refractivity contribution >= 4 is 17.7 Å². The average Bonchev–Trinajstić information content (AvgIpc) is 2.70. The molecule has 0 spiro atoms. The highest BCUT2D eigenvalue weighted by Crippen LogP contribution is 2.18. The number of amides is 2.